The van der Waals surface area contributed by atoms with E-state index in [1.165, 1.54) is 11.3 Å². The number of hydrogen-bond acceptors (Lipinski definition) is 5. The molecule has 4 nitrogen and oxygen atoms in total. The van der Waals surface area contributed by atoms with E-state index in [-0.39, 0.29) is 11.9 Å². The van der Waals surface area contributed by atoms with E-state index < -0.39 is 0 Å². The average molecular weight is 322 g/mol. The van der Waals surface area contributed by atoms with Crippen molar-refractivity contribution < 1.29 is 9.21 Å². The first kappa shape index (κ1) is 14.7. The lowest BCUT2D eigenvalue weighted by atomic mass is 10.1. The van der Waals surface area contributed by atoms with Crippen LogP contribution in [-0.2, 0) is 0 Å². The van der Waals surface area contributed by atoms with Gasteiger partial charge >= 0.3 is 0 Å². The van der Waals surface area contributed by atoms with Crippen LogP contribution in [0.2, 0.25) is 0 Å². The van der Waals surface area contributed by atoms with Gasteiger partial charge in [-0.15, -0.1) is 0 Å². The fourth-order valence-electron chi connectivity index (χ4n) is 2.50. The lowest BCUT2D eigenvalue weighted by molar-refractivity contribution is 0.0935. The van der Waals surface area contributed by atoms with Crippen molar-refractivity contribution in [1.82, 2.24) is 10.2 Å². The molecule has 2 aromatic rings. The number of nitrogens with zero attached hydrogens (tertiary/aromatic N) is 1. The van der Waals surface area contributed by atoms with Gasteiger partial charge < -0.3 is 9.73 Å². The molecule has 0 radical (unpaired) electrons. The number of amides is 1. The molecule has 0 saturated carbocycles. The number of rotatable bonds is 5. The van der Waals surface area contributed by atoms with Crippen LogP contribution < -0.4 is 5.32 Å². The van der Waals surface area contributed by atoms with Crippen molar-refractivity contribution in [2.24, 2.45) is 0 Å². The summed E-state index contributed by atoms with van der Waals surface area (Å²) in [5.41, 5.74) is 1.87. The van der Waals surface area contributed by atoms with Crippen LogP contribution in [0.5, 0.6) is 0 Å². The molecule has 1 aliphatic rings. The van der Waals surface area contributed by atoms with Gasteiger partial charge in [0.2, 0.25) is 0 Å². The Labute approximate surface area is 132 Å². The number of carbonyl (C=O) groups is 1. The minimum absolute atomic E-state index is 0.00358. The first-order chi connectivity index (χ1) is 10.3. The summed E-state index contributed by atoms with van der Waals surface area (Å²) in [5, 5.41) is 6.84. The zero-order valence-corrected chi connectivity index (χ0v) is 13.3. The average Bonchev–Trinajstić information content (AvgIpc) is 3.22. The van der Waals surface area contributed by atoms with Crippen molar-refractivity contribution in [2.75, 3.05) is 31.1 Å². The lowest BCUT2D eigenvalue weighted by Crippen LogP contribution is -2.41. The summed E-state index contributed by atoms with van der Waals surface area (Å²) in [6, 6.07) is 4.03. The smallest absolute Gasteiger partial charge is 0.252 e. The largest absolute Gasteiger partial charge is 0.472 e. The number of hydrogen-bond donors (Lipinski definition) is 1. The first-order valence-electron chi connectivity index (χ1n) is 6.99. The van der Waals surface area contributed by atoms with Gasteiger partial charge in [-0.25, -0.2) is 0 Å². The van der Waals surface area contributed by atoms with E-state index in [4.69, 9.17) is 4.42 Å². The Morgan fingerprint density at radius 1 is 1.38 bits per heavy atom. The number of carbonyl (C=O) groups excluding carboxylic acids is 1. The molecule has 0 spiro atoms. The molecule has 112 valence electrons. The summed E-state index contributed by atoms with van der Waals surface area (Å²) in [5.74, 6) is 2.29. The van der Waals surface area contributed by atoms with E-state index in [2.05, 4.69) is 10.2 Å². The number of nitrogens with one attached hydrogen (secondary N) is 1. The van der Waals surface area contributed by atoms with E-state index in [1.54, 1.807) is 12.5 Å². The van der Waals surface area contributed by atoms with Crippen LogP contribution in [-0.4, -0.2) is 41.9 Å². The fraction of sp³-hybridized carbons (Fsp3) is 0.400. The normalized spacial score (nSPS) is 17.5. The van der Waals surface area contributed by atoms with Gasteiger partial charge in [0.15, 0.2) is 0 Å². The first-order valence-corrected chi connectivity index (χ1v) is 9.08. The molecule has 1 amide bonds. The molecule has 1 unspecified atom stereocenters. The Balaban J connectivity index is 1.66. The molecule has 0 aliphatic carbocycles. The van der Waals surface area contributed by atoms with E-state index in [0.717, 1.165) is 35.7 Å². The van der Waals surface area contributed by atoms with Crippen LogP contribution in [0.4, 0.5) is 0 Å². The van der Waals surface area contributed by atoms with Gasteiger partial charge in [0.05, 0.1) is 18.6 Å². The highest BCUT2D eigenvalue weighted by Gasteiger charge is 2.24. The van der Waals surface area contributed by atoms with E-state index in [0.29, 0.717) is 6.54 Å². The molecular weight excluding hydrogens is 304 g/mol. The Morgan fingerprint density at radius 3 is 2.90 bits per heavy atom. The second kappa shape index (κ2) is 7.15. The maximum absolute atomic E-state index is 12.1. The predicted molar refractivity (Wildman–Crippen MR) is 87.0 cm³/mol. The third-order valence-corrected chi connectivity index (χ3v) is 5.28. The van der Waals surface area contributed by atoms with Gasteiger partial charge in [0, 0.05) is 47.6 Å². The SMILES string of the molecule is O=C(NCC(c1ccoc1)N1CCSCC1)c1ccsc1. The van der Waals surface area contributed by atoms with Crippen LogP contribution in [0.15, 0.2) is 39.8 Å². The van der Waals surface area contributed by atoms with Crippen molar-refractivity contribution in [3.8, 4) is 0 Å². The second-order valence-electron chi connectivity index (χ2n) is 4.94. The Kier molecular flexibility index (Phi) is 5.00. The Hall–Kier alpha value is -1.24. The molecule has 1 aliphatic heterocycles. The minimum atomic E-state index is -0.00358. The van der Waals surface area contributed by atoms with Gasteiger partial charge in [-0.2, -0.15) is 23.1 Å². The highest BCUT2D eigenvalue weighted by Crippen LogP contribution is 2.24. The predicted octanol–water partition coefficient (Wildman–Crippen LogP) is 2.86. The zero-order valence-electron chi connectivity index (χ0n) is 11.7. The molecule has 1 N–H and O–H groups in total. The van der Waals surface area contributed by atoms with Crippen LogP contribution in [0.25, 0.3) is 0 Å². The zero-order chi connectivity index (χ0) is 14.5. The third-order valence-electron chi connectivity index (χ3n) is 3.65. The molecule has 21 heavy (non-hydrogen) atoms. The van der Waals surface area contributed by atoms with E-state index >= 15 is 0 Å². The van der Waals surface area contributed by atoms with Gasteiger partial charge in [-0.1, -0.05) is 0 Å². The monoisotopic (exact) mass is 322 g/mol. The molecule has 1 fully saturated rings. The van der Waals surface area contributed by atoms with Crippen molar-refractivity contribution in [3.63, 3.8) is 0 Å². The highest BCUT2D eigenvalue weighted by molar-refractivity contribution is 7.99. The summed E-state index contributed by atoms with van der Waals surface area (Å²) >= 11 is 3.52. The molecule has 3 rings (SSSR count). The van der Waals surface area contributed by atoms with Crippen LogP contribution in [0.1, 0.15) is 22.0 Å². The topological polar surface area (TPSA) is 45.5 Å². The second-order valence-corrected chi connectivity index (χ2v) is 6.95. The van der Waals surface area contributed by atoms with Crippen molar-refractivity contribution in [2.45, 2.75) is 6.04 Å². The fourth-order valence-corrected chi connectivity index (χ4v) is 4.06. The van der Waals surface area contributed by atoms with Gasteiger partial charge in [0.1, 0.15) is 0 Å². The van der Waals surface area contributed by atoms with Gasteiger partial charge in [-0.3, -0.25) is 9.69 Å². The number of thiophene rings is 1. The maximum atomic E-state index is 12.1. The summed E-state index contributed by atoms with van der Waals surface area (Å²) in [6.07, 6.45) is 3.48. The molecule has 3 heterocycles. The summed E-state index contributed by atoms with van der Waals surface area (Å²) in [4.78, 5) is 14.5. The Morgan fingerprint density at radius 2 is 2.24 bits per heavy atom. The molecule has 2 aromatic heterocycles. The number of furan rings is 1. The maximum Gasteiger partial charge on any atom is 0.252 e. The Bertz CT molecular complexity index is 548. The summed E-state index contributed by atoms with van der Waals surface area (Å²) < 4.78 is 5.22. The van der Waals surface area contributed by atoms with Crippen LogP contribution >= 0.6 is 23.1 Å². The van der Waals surface area contributed by atoms with E-state index in [1.807, 2.05) is 34.7 Å². The molecule has 0 aromatic carbocycles. The highest BCUT2D eigenvalue weighted by atomic mass is 32.2. The lowest BCUT2D eigenvalue weighted by Gasteiger charge is -2.33. The van der Waals surface area contributed by atoms with Crippen LogP contribution in [0.3, 0.4) is 0 Å². The minimum Gasteiger partial charge on any atom is -0.472 e. The van der Waals surface area contributed by atoms with Crippen molar-refractivity contribution in [1.29, 1.82) is 0 Å². The summed E-state index contributed by atoms with van der Waals surface area (Å²) in [6.45, 7) is 2.71. The number of thioether (sulfide) groups is 1. The van der Waals surface area contributed by atoms with Crippen LogP contribution in [0, 0.1) is 0 Å². The molecule has 0 bridgehead atoms. The van der Waals surface area contributed by atoms with E-state index in [9.17, 15) is 4.79 Å². The summed E-state index contributed by atoms with van der Waals surface area (Å²) in [7, 11) is 0. The van der Waals surface area contributed by atoms with Gasteiger partial charge in [0.25, 0.3) is 5.91 Å². The molecule has 1 atom stereocenters. The molecular formula is C15H18N2O2S2. The quantitative estimate of drug-likeness (QED) is 0.919. The van der Waals surface area contributed by atoms with Gasteiger partial charge in [-0.05, 0) is 17.5 Å². The third kappa shape index (κ3) is 3.70. The van der Waals surface area contributed by atoms with Crippen molar-refractivity contribution in [3.05, 3.63) is 46.5 Å². The van der Waals surface area contributed by atoms with Crippen molar-refractivity contribution >= 4 is 29.0 Å². The molecule has 1 saturated heterocycles. The standard InChI is InChI=1S/C15H18N2O2S2/c18-15(13-2-6-21-11-13)16-9-14(12-1-5-19-10-12)17-3-7-20-8-4-17/h1-2,5-6,10-11,14H,3-4,7-9H2,(H,16,18). The molecule has 6 heteroatoms.